The molecule has 0 bridgehead atoms. The van der Waals surface area contributed by atoms with Gasteiger partial charge in [0.25, 0.3) is 0 Å². The van der Waals surface area contributed by atoms with Crippen LogP contribution >= 0.6 is 0 Å². The van der Waals surface area contributed by atoms with E-state index in [-0.39, 0.29) is 0 Å². The summed E-state index contributed by atoms with van der Waals surface area (Å²) >= 11 is 0. The number of rotatable bonds is 4. The molecule has 1 aliphatic rings. The largest absolute Gasteiger partial charge is 0.314 e. The molecule has 0 radical (unpaired) electrons. The molecule has 0 unspecified atom stereocenters. The predicted octanol–water partition coefficient (Wildman–Crippen LogP) is 4.48. The van der Waals surface area contributed by atoms with Gasteiger partial charge in [-0.25, -0.2) is 0 Å². The summed E-state index contributed by atoms with van der Waals surface area (Å²) in [5, 5.41) is 5.03. The van der Waals surface area contributed by atoms with Gasteiger partial charge in [0.05, 0.1) is 5.52 Å². The Balaban J connectivity index is 1.56. The highest BCUT2D eigenvalue weighted by molar-refractivity contribution is 5.81. The second-order valence-corrected chi connectivity index (χ2v) is 6.24. The molecule has 112 valence electrons. The first kappa shape index (κ1) is 14.5. The number of pyridine rings is 1. The van der Waals surface area contributed by atoms with Crippen molar-refractivity contribution in [1.82, 2.24) is 10.3 Å². The summed E-state index contributed by atoms with van der Waals surface area (Å²) in [6.45, 7) is 1.07. The Morgan fingerprint density at radius 1 is 0.952 bits per heavy atom. The van der Waals surface area contributed by atoms with Gasteiger partial charge >= 0.3 is 0 Å². The first-order valence-corrected chi connectivity index (χ1v) is 8.49. The molecule has 1 fully saturated rings. The van der Waals surface area contributed by atoms with Gasteiger partial charge in [0.2, 0.25) is 0 Å². The summed E-state index contributed by atoms with van der Waals surface area (Å²) in [6, 6.07) is 11.4. The Hall–Kier alpha value is -1.41. The van der Waals surface area contributed by atoms with Gasteiger partial charge in [-0.15, -0.1) is 0 Å². The summed E-state index contributed by atoms with van der Waals surface area (Å²) in [7, 11) is 0. The Morgan fingerprint density at radius 2 is 1.71 bits per heavy atom. The SMILES string of the molecule is c1cnc2c(CCNC3CCCCCCC3)cccc2c1. The minimum atomic E-state index is 0.730. The zero-order valence-electron chi connectivity index (χ0n) is 12.9. The van der Waals surface area contributed by atoms with E-state index in [1.807, 2.05) is 12.3 Å². The molecule has 2 aromatic rings. The molecule has 1 N–H and O–H groups in total. The van der Waals surface area contributed by atoms with Crippen LogP contribution in [0.4, 0.5) is 0 Å². The van der Waals surface area contributed by atoms with Gasteiger partial charge in [-0.2, -0.15) is 0 Å². The zero-order valence-corrected chi connectivity index (χ0v) is 12.9. The molecule has 1 heterocycles. The van der Waals surface area contributed by atoms with Crippen LogP contribution in [0.15, 0.2) is 36.5 Å². The van der Waals surface area contributed by atoms with Crippen LogP contribution in [0.1, 0.15) is 50.5 Å². The van der Waals surface area contributed by atoms with E-state index < -0.39 is 0 Å². The van der Waals surface area contributed by atoms with Crippen molar-refractivity contribution in [2.45, 2.75) is 57.4 Å². The Bertz CT molecular complexity index is 551. The van der Waals surface area contributed by atoms with Gasteiger partial charge in [-0.05, 0) is 37.4 Å². The van der Waals surface area contributed by atoms with E-state index in [4.69, 9.17) is 0 Å². The summed E-state index contributed by atoms with van der Waals surface area (Å²) in [5.74, 6) is 0. The lowest BCUT2D eigenvalue weighted by Crippen LogP contribution is -2.31. The van der Waals surface area contributed by atoms with E-state index in [1.54, 1.807) is 0 Å². The number of nitrogens with one attached hydrogen (secondary N) is 1. The van der Waals surface area contributed by atoms with Crippen molar-refractivity contribution in [3.63, 3.8) is 0 Å². The van der Waals surface area contributed by atoms with E-state index in [9.17, 15) is 0 Å². The van der Waals surface area contributed by atoms with Crippen molar-refractivity contribution in [2.75, 3.05) is 6.54 Å². The molecule has 0 amide bonds. The highest BCUT2D eigenvalue weighted by Crippen LogP contribution is 2.18. The fraction of sp³-hybridized carbons (Fsp3) is 0.526. The predicted molar refractivity (Wildman–Crippen MR) is 89.6 cm³/mol. The number of benzene rings is 1. The summed E-state index contributed by atoms with van der Waals surface area (Å²) < 4.78 is 0. The molecule has 1 aliphatic carbocycles. The minimum Gasteiger partial charge on any atom is -0.314 e. The van der Waals surface area contributed by atoms with E-state index in [1.165, 1.54) is 61.4 Å². The Labute approximate surface area is 128 Å². The average Bonchev–Trinajstić information content (AvgIpc) is 2.49. The molecule has 2 heteroatoms. The highest BCUT2D eigenvalue weighted by Gasteiger charge is 2.10. The average molecular weight is 282 g/mol. The van der Waals surface area contributed by atoms with Gasteiger partial charge < -0.3 is 5.32 Å². The van der Waals surface area contributed by atoms with Crippen molar-refractivity contribution >= 4 is 10.9 Å². The topological polar surface area (TPSA) is 24.9 Å². The van der Waals surface area contributed by atoms with Crippen LogP contribution in [0.3, 0.4) is 0 Å². The first-order valence-electron chi connectivity index (χ1n) is 8.49. The van der Waals surface area contributed by atoms with Crippen molar-refractivity contribution < 1.29 is 0 Å². The molecule has 0 saturated heterocycles. The number of hydrogen-bond acceptors (Lipinski definition) is 2. The smallest absolute Gasteiger partial charge is 0.0734 e. The summed E-state index contributed by atoms with van der Waals surface area (Å²) in [5.41, 5.74) is 2.53. The van der Waals surface area contributed by atoms with Crippen LogP contribution in [0.2, 0.25) is 0 Å². The molecule has 0 spiro atoms. The highest BCUT2D eigenvalue weighted by atomic mass is 14.9. The normalized spacial score (nSPS) is 17.5. The number of hydrogen-bond donors (Lipinski definition) is 1. The molecule has 21 heavy (non-hydrogen) atoms. The van der Waals surface area contributed by atoms with Crippen LogP contribution in [0, 0.1) is 0 Å². The van der Waals surface area contributed by atoms with Gasteiger partial charge in [-0.1, -0.05) is 56.4 Å². The lowest BCUT2D eigenvalue weighted by atomic mass is 9.96. The van der Waals surface area contributed by atoms with Crippen LogP contribution in [0.25, 0.3) is 10.9 Å². The summed E-state index contributed by atoms with van der Waals surface area (Å²) in [4.78, 5) is 4.55. The molecular weight excluding hydrogens is 256 g/mol. The number of fused-ring (bicyclic) bond motifs is 1. The molecule has 1 aromatic carbocycles. The molecular formula is C19H26N2. The third kappa shape index (κ3) is 4.04. The monoisotopic (exact) mass is 282 g/mol. The maximum absolute atomic E-state index is 4.55. The molecule has 3 rings (SSSR count). The minimum absolute atomic E-state index is 0.730. The second-order valence-electron chi connectivity index (χ2n) is 6.24. The molecule has 1 saturated carbocycles. The molecule has 0 atom stereocenters. The van der Waals surface area contributed by atoms with Crippen LogP contribution in [-0.2, 0) is 6.42 Å². The fourth-order valence-corrected chi connectivity index (χ4v) is 3.44. The van der Waals surface area contributed by atoms with Gasteiger partial charge in [-0.3, -0.25) is 4.98 Å². The third-order valence-corrected chi connectivity index (χ3v) is 4.65. The lowest BCUT2D eigenvalue weighted by molar-refractivity contribution is 0.392. The van der Waals surface area contributed by atoms with Gasteiger partial charge in [0, 0.05) is 17.6 Å². The van der Waals surface area contributed by atoms with Crippen LogP contribution in [0.5, 0.6) is 0 Å². The van der Waals surface area contributed by atoms with E-state index in [2.05, 4.69) is 34.6 Å². The number of aromatic nitrogens is 1. The van der Waals surface area contributed by atoms with Crippen molar-refractivity contribution in [3.05, 3.63) is 42.1 Å². The van der Waals surface area contributed by atoms with Crippen molar-refractivity contribution in [3.8, 4) is 0 Å². The Morgan fingerprint density at radius 3 is 2.57 bits per heavy atom. The quantitative estimate of drug-likeness (QED) is 0.894. The summed E-state index contributed by atoms with van der Waals surface area (Å²) in [6.07, 6.45) is 12.8. The second kappa shape index (κ2) is 7.56. The zero-order chi connectivity index (χ0) is 14.3. The first-order chi connectivity index (χ1) is 10.4. The van der Waals surface area contributed by atoms with Crippen molar-refractivity contribution in [2.24, 2.45) is 0 Å². The molecule has 1 aromatic heterocycles. The van der Waals surface area contributed by atoms with Crippen LogP contribution in [-0.4, -0.2) is 17.6 Å². The van der Waals surface area contributed by atoms with Crippen LogP contribution < -0.4 is 5.32 Å². The van der Waals surface area contributed by atoms with E-state index >= 15 is 0 Å². The van der Waals surface area contributed by atoms with Gasteiger partial charge in [0.1, 0.15) is 0 Å². The maximum Gasteiger partial charge on any atom is 0.0734 e. The lowest BCUT2D eigenvalue weighted by Gasteiger charge is -2.21. The van der Waals surface area contributed by atoms with E-state index in [0.717, 1.165) is 19.0 Å². The molecule has 0 aliphatic heterocycles. The number of para-hydroxylation sites is 1. The Kier molecular flexibility index (Phi) is 5.23. The number of nitrogens with zero attached hydrogens (tertiary/aromatic N) is 1. The third-order valence-electron chi connectivity index (χ3n) is 4.65. The van der Waals surface area contributed by atoms with E-state index in [0.29, 0.717) is 0 Å². The standard InChI is InChI=1S/C19H26N2/c1-2-4-11-18(12-5-3-1)20-15-13-17-9-6-8-16-10-7-14-21-19(16)17/h6-10,14,18,20H,1-5,11-13,15H2. The maximum atomic E-state index is 4.55. The van der Waals surface area contributed by atoms with Crippen molar-refractivity contribution in [1.29, 1.82) is 0 Å². The fourth-order valence-electron chi connectivity index (χ4n) is 3.44. The molecule has 2 nitrogen and oxygen atoms in total. The van der Waals surface area contributed by atoms with Gasteiger partial charge in [0.15, 0.2) is 0 Å².